The van der Waals surface area contributed by atoms with Crippen molar-refractivity contribution in [2.24, 2.45) is 14.1 Å². The average Bonchev–Trinajstić information content (AvgIpc) is 4.03. The van der Waals surface area contributed by atoms with E-state index in [-0.39, 0.29) is 17.9 Å². The zero-order valence-electron chi connectivity index (χ0n) is 30.9. The van der Waals surface area contributed by atoms with Gasteiger partial charge in [0, 0.05) is 70.7 Å². The monoisotopic (exact) mass is 754 g/mol. The third kappa shape index (κ3) is 8.17. The summed E-state index contributed by atoms with van der Waals surface area (Å²) in [7, 11) is 3.89. The Balaban J connectivity index is 0.944. The van der Waals surface area contributed by atoms with Crippen molar-refractivity contribution in [1.82, 2.24) is 68.8 Å². The normalized spacial score (nSPS) is 22.6. The first-order valence-electron chi connectivity index (χ1n) is 18.6. The standard InChI is InChI=1S/C34H46N18O3/c1-4-52-47-30(46-48-52)28-26(53)27(54)32(55-28)51-19-40-25-29(44-34(45-31(25)51)37-13-10-23-16-50(3)18-39-23)42-21-7-5-20(6-8-21)41-24-11-14-36-33(43-24)35-12-9-22-15-49(2)17-38-22/h11,14-21,26-28,32,53-54H,4-10,12-13H2,1-3H3,(H2,35,36,41,43)(H2,37,42,44,45)/t20?,21?,26-,27+,28-,32?/m0/s1. The molecule has 7 heterocycles. The number of imidazole rings is 3. The van der Waals surface area contributed by atoms with Gasteiger partial charge in [-0.05, 0) is 43.9 Å². The van der Waals surface area contributed by atoms with Crippen LogP contribution in [0.3, 0.4) is 0 Å². The summed E-state index contributed by atoms with van der Waals surface area (Å²) in [6.07, 6.45) is 11.3. The van der Waals surface area contributed by atoms with E-state index in [9.17, 15) is 10.2 Å². The summed E-state index contributed by atoms with van der Waals surface area (Å²) in [5, 5.41) is 48.3. The molecule has 21 heteroatoms. The van der Waals surface area contributed by atoms with Crippen LogP contribution in [0.5, 0.6) is 0 Å². The zero-order valence-corrected chi connectivity index (χ0v) is 30.9. The largest absolute Gasteiger partial charge is 0.387 e. The maximum Gasteiger partial charge on any atom is 0.226 e. The molecular formula is C34H46N18O3. The van der Waals surface area contributed by atoms with Gasteiger partial charge in [0.2, 0.25) is 17.7 Å². The van der Waals surface area contributed by atoms with Crippen LogP contribution in [0, 0.1) is 0 Å². The van der Waals surface area contributed by atoms with E-state index in [1.807, 2.05) is 48.6 Å². The molecule has 8 rings (SSSR count). The number of aliphatic hydroxyl groups is 2. The highest BCUT2D eigenvalue weighted by Crippen LogP contribution is 2.39. The van der Waals surface area contributed by atoms with Gasteiger partial charge in [-0.3, -0.25) is 4.57 Å². The summed E-state index contributed by atoms with van der Waals surface area (Å²) in [4.78, 5) is 33.6. The van der Waals surface area contributed by atoms with Crippen LogP contribution in [0.25, 0.3) is 11.2 Å². The molecule has 1 aliphatic carbocycles. The van der Waals surface area contributed by atoms with Crippen LogP contribution in [0.15, 0.2) is 43.6 Å². The van der Waals surface area contributed by atoms with Crippen molar-refractivity contribution in [2.45, 2.75) is 88.6 Å². The smallest absolute Gasteiger partial charge is 0.226 e. The Morgan fingerprint density at radius 3 is 2.15 bits per heavy atom. The molecule has 1 unspecified atom stereocenters. The number of aromatic nitrogens is 14. The predicted octanol–water partition coefficient (Wildman–Crippen LogP) is 1.23. The summed E-state index contributed by atoms with van der Waals surface area (Å²) < 4.78 is 11.6. The summed E-state index contributed by atoms with van der Waals surface area (Å²) in [6.45, 7) is 3.61. The molecule has 0 spiro atoms. The van der Waals surface area contributed by atoms with E-state index < -0.39 is 24.5 Å². The van der Waals surface area contributed by atoms with Crippen LogP contribution >= 0.6 is 0 Å². The van der Waals surface area contributed by atoms with Crippen LogP contribution in [-0.4, -0.2) is 116 Å². The molecule has 4 atom stereocenters. The van der Waals surface area contributed by atoms with E-state index in [4.69, 9.17) is 14.7 Å². The van der Waals surface area contributed by atoms with Gasteiger partial charge in [0.05, 0.1) is 36.9 Å². The molecule has 6 aromatic rings. The van der Waals surface area contributed by atoms with Crippen LogP contribution in [0.2, 0.25) is 0 Å². The molecule has 1 saturated carbocycles. The highest BCUT2D eigenvalue weighted by atomic mass is 16.6. The molecule has 0 amide bonds. The first-order valence-corrected chi connectivity index (χ1v) is 18.6. The SMILES string of the molecule is CCn1nnc([C@H]2OC(n3cnc4c(NC5CCC(Nc6ccnc(NCCc7cn(C)cn7)n6)CC5)nc(NCCc5cn(C)cn5)nc43)[C@H](O)[C@@H]2O)n1. The van der Waals surface area contributed by atoms with E-state index in [1.165, 1.54) is 4.80 Å². The van der Waals surface area contributed by atoms with Gasteiger partial charge < -0.3 is 45.4 Å². The van der Waals surface area contributed by atoms with Gasteiger partial charge >= 0.3 is 0 Å². The Morgan fingerprint density at radius 2 is 1.49 bits per heavy atom. The predicted molar refractivity (Wildman–Crippen MR) is 200 cm³/mol. The van der Waals surface area contributed by atoms with Crippen molar-refractivity contribution in [3.05, 3.63) is 60.9 Å². The second kappa shape index (κ2) is 15.9. The van der Waals surface area contributed by atoms with Crippen molar-refractivity contribution < 1.29 is 14.9 Å². The number of aryl methyl sites for hydroxylation is 3. The number of nitrogens with zero attached hydrogens (tertiary/aromatic N) is 14. The minimum atomic E-state index is -1.31. The molecule has 0 aromatic carbocycles. The zero-order chi connectivity index (χ0) is 37.9. The highest BCUT2D eigenvalue weighted by Gasteiger charge is 2.47. The van der Waals surface area contributed by atoms with E-state index in [1.54, 1.807) is 29.7 Å². The molecule has 1 saturated heterocycles. The van der Waals surface area contributed by atoms with Gasteiger partial charge in [0.25, 0.3) is 0 Å². The summed E-state index contributed by atoms with van der Waals surface area (Å²) >= 11 is 0. The van der Waals surface area contributed by atoms with Crippen molar-refractivity contribution in [3.8, 4) is 0 Å². The van der Waals surface area contributed by atoms with Gasteiger partial charge in [-0.15, -0.1) is 10.2 Å². The van der Waals surface area contributed by atoms with Gasteiger partial charge in [0.15, 0.2) is 29.3 Å². The molecule has 2 aliphatic rings. The lowest BCUT2D eigenvalue weighted by atomic mass is 9.91. The van der Waals surface area contributed by atoms with Gasteiger partial charge in [-0.25, -0.2) is 19.9 Å². The Morgan fingerprint density at radius 1 is 0.800 bits per heavy atom. The molecule has 2 fully saturated rings. The molecule has 21 nitrogen and oxygen atoms in total. The summed E-state index contributed by atoms with van der Waals surface area (Å²) in [5.74, 6) is 2.50. The van der Waals surface area contributed by atoms with E-state index in [2.05, 4.69) is 61.6 Å². The summed E-state index contributed by atoms with van der Waals surface area (Å²) in [6, 6.07) is 2.27. The van der Waals surface area contributed by atoms with Crippen LogP contribution in [0.1, 0.15) is 62.2 Å². The first-order chi connectivity index (χ1) is 26.8. The van der Waals surface area contributed by atoms with Crippen molar-refractivity contribution >= 4 is 34.7 Å². The molecule has 290 valence electrons. The van der Waals surface area contributed by atoms with Gasteiger partial charge in [0.1, 0.15) is 18.0 Å². The number of anilines is 4. The first kappa shape index (κ1) is 36.2. The van der Waals surface area contributed by atoms with Gasteiger partial charge in [-0.1, -0.05) is 0 Å². The average molecular weight is 755 g/mol. The lowest BCUT2D eigenvalue weighted by Gasteiger charge is -2.30. The Labute approximate surface area is 316 Å². The summed E-state index contributed by atoms with van der Waals surface area (Å²) in [5.41, 5.74) is 2.91. The third-order valence-electron chi connectivity index (χ3n) is 9.86. The fourth-order valence-electron chi connectivity index (χ4n) is 6.99. The Hall–Kier alpha value is -5.80. The fourth-order valence-corrected chi connectivity index (χ4v) is 6.99. The minimum absolute atomic E-state index is 0.128. The lowest BCUT2D eigenvalue weighted by Crippen LogP contribution is -2.33. The third-order valence-corrected chi connectivity index (χ3v) is 9.86. The van der Waals surface area contributed by atoms with Crippen molar-refractivity contribution in [3.63, 3.8) is 0 Å². The van der Waals surface area contributed by atoms with E-state index in [0.717, 1.165) is 49.3 Å². The number of hydrogen-bond acceptors (Lipinski definition) is 17. The van der Waals surface area contributed by atoms with Crippen molar-refractivity contribution in [2.75, 3.05) is 34.4 Å². The van der Waals surface area contributed by atoms with Crippen molar-refractivity contribution in [1.29, 1.82) is 0 Å². The molecule has 55 heavy (non-hydrogen) atoms. The minimum Gasteiger partial charge on any atom is -0.387 e. The molecule has 6 N–H and O–H groups in total. The van der Waals surface area contributed by atoms with E-state index >= 15 is 0 Å². The second-order valence-electron chi connectivity index (χ2n) is 14.0. The molecular weight excluding hydrogens is 708 g/mol. The molecule has 0 bridgehead atoms. The van der Waals surface area contributed by atoms with Crippen LogP contribution in [-0.2, 0) is 38.2 Å². The second-order valence-corrected chi connectivity index (χ2v) is 14.0. The van der Waals surface area contributed by atoms with Crippen LogP contribution in [0.4, 0.5) is 23.5 Å². The Kier molecular flexibility index (Phi) is 10.5. The number of rotatable bonds is 15. The Bertz CT molecular complexity index is 2190. The quantitative estimate of drug-likeness (QED) is 0.0863. The maximum absolute atomic E-state index is 11.2. The molecule has 0 radical (unpaired) electrons. The molecule has 6 aromatic heterocycles. The topological polar surface area (TPSA) is 246 Å². The highest BCUT2D eigenvalue weighted by molar-refractivity contribution is 5.84. The number of nitrogens with one attached hydrogen (secondary N) is 4. The molecule has 1 aliphatic heterocycles. The number of tetrazole rings is 1. The number of ether oxygens (including phenoxy) is 1. The maximum atomic E-state index is 11.2. The fraction of sp³-hybridized carbons (Fsp3) is 0.529. The lowest BCUT2D eigenvalue weighted by molar-refractivity contribution is -0.0384. The number of aliphatic hydroxyl groups excluding tert-OH is 2. The number of fused-ring (bicyclic) bond motifs is 1. The number of hydrogen-bond donors (Lipinski definition) is 6. The van der Waals surface area contributed by atoms with Gasteiger partial charge in [-0.2, -0.15) is 19.7 Å². The van der Waals surface area contributed by atoms with E-state index in [0.29, 0.717) is 54.9 Å². The van der Waals surface area contributed by atoms with Crippen LogP contribution < -0.4 is 21.3 Å².